The van der Waals surface area contributed by atoms with Crippen molar-refractivity contribution in [3.63, 3.8) is 0 Å². The van der Waals surface area contributed by atoms with Crippen LogP contribution in [0.1, 0.15) is 41.5 Å². The van der Waals surface area contributed by atoms with E-state index in [0.717, 1.165) is 56.9 Å². The summed E-state index contributed by atoms with van der Waals surface area (Å²) < 4.78 is 1.97. The van der Waals surface area contributed by atoms with Gasteiger partial charge in [-0.15, -0.1) is 29.3 Å². The number of carbonyl (C=O) groups excluding carboxylic acids is 1. The van der Waals surface area contributed by atoms with Crippen molar-refractivity contribution in [3.05, 3.63) is 41.7 Å². The van der Waals surface area contributed by atoms with Gasteiger partial charge in [0.1, 0.15) is 0 Å². The van der Waals surface area contributed by atoms with Crippen LogP contribution in [0, 0.1) is 12.8 Å². The Labute approximate surface area is 176 Å². The van der Waals surface area contributed by atoms with Crippen molar-refractivity contribution in [1.29, 1.82) is 0 Å². The number of likely N-dealkylation sites (tertiary alicyclic amines) is 1. The van der Waals surface area contributed by atoms with E-state index in [1.165, 1.54) is 4.90 Å². The molecule has 2 fully saturated rings. The first-order chi connectivity index (χ1) is 13.2. The van der Waals surface area contributed by atoms with Crippen LogP contribution in [-0.2, 0) is 0 Å². The van der Waals surface area contributed by atoms with E-state index < -0.39 is 0 Å². The first-order valence-electron chi connectivity index (χ1n) is 9.82. The monoisotopic (exact) mass is 421 g/mol. The highest BCUT2D eigenvalue weighted by Gasteiger charge is 2.31. The number of benzene rings is 1. The molecule has 1 aromatic heterocycles. The van der Waals surface area contributed by atoms with Gasteiger partial charge >= 0.3 is 0 Å². The normalized spacial score (nSPS) is 20.2. The Balaban J connectivity index is 0.00000225. The SMILES string of the molecule is Cc1c(C(=O)N2CCC(CSc3ccccc3)C2)nnn1C1CCNCC1.Cl. The predicted octanol–water partition coefficient (Wildman–Crippen LogP) is 3.19. The minimum absolute atomic E-state index is 0. The van der Waals surface area contributed by atoms with Crippen LogP contribution >= 0.6 is 24.2 Å². The highest BCUT2D eigenvalue weighted by molar-refractivity contribution is 7.99. The summed E-state index contributed by atoms with van der Waals surface area (Å²) in [6, 6.07) is 10.8. The van der Waals surface area contributed by atoms with E-state index in [-0.39, 0.29) is 18.3 Å². The number of hydrogen-bond acceptors (Lipinski definition) is 5. The molecule has 3 heterocycles. The van der Waals surface area contributed by atoms with Gasteiger partial charge in [0.15, 0.2) is 5.69 Å². The molecule has 2 aromatic rings. The van der Waals surface area contributed by atoms with Gasteiger partial charge in [-0.1, -0.05) is 23.4 Å². The van der Waals surface area contributed by atoms with E-state index >= 15 is 0 Å². The van der Waals surface area contributed by atoms with Gasteiger partial charge in [0.2, 0.25) is 0 Å². The fourth-order valence-corrected chi connectivity index (χ4v) is 5.02. The number of halogens is 1. The van der Waals surface area contributed by atoms with E-state index in [0.29, 0.717) is 17.7 Å². The van der Waals surface area contributed by atoms with Gasteiger partial charge in [-0.25, -0.2) is 4.68 Å². The number of hydrogen-bond donors (Lipinski definition) is 1. The van der Waals surface area contributed by atoms with Crippen LogP contribution in [0.5, 0.6) is 0 Å². The van der Waals surface area contributed by atoms with Crippen LogP contribution in [0.3, 0.4) is 0 Å². The van der Waals surface area contributed by atoms with Crippen LogP contribution in [0.25, 0.3) is 0 Å². The fraction of sp³-hybridized carbons (Fsp3) is 0.550. The molecule has 1 N–H and O–H groups in total. The molecule has 0 spiro atoms. The molecular formula is C20H28ClN5OS. The Kier molecular flexibility index (Phi) is 7.37. The molecule has 0 aliphatic carbocycles. The van der Waals surface area contributed by atoms with Crippen LogP contribution in [0.15, 0.2) is 35.2 Å². The summed E-state index contributed by atoms with van der Waals surface area (Å²) in [4.78, 5) is 16.2. The van der Waals surface area contributed by atoms with Gasteiger partial charge in [0.25, 0.3) is 5.91 Å². The number of nitrogens with one attached hydrogen (secondary N) is 1. The van der Waals surface area contributed by atoms with Crippen LogP contribution in [0.4, 0.5) is 0 Å². The lowest BCUT2D eigenvalue weighted by Gasteiger charge is -2.23. The maximum atomic E-state index is 13.0. The molecule has 2 saturated heterocycles. The van der Waals surface area contributed by atoms with E-state index in [9.17, 15) is 4.79 Å². The lowest BCUT2D eigenvalue weighted by molar-refractivity contribution is 0.0781. The zero-order valence-corrected chi connectivity index (χ0v) is 17.8. The Morgan fingerprint density at radius 3 is 2.71 bits per heavy atom. The Morgan fingerprint density at radius 1 is 1.21 bits per heavy atom. The maximum absolute atomic E-state index is 13.0. The van der Waals surface area contributed by atoms with Crippen LogP contribution in [-0.4, -0.2) is 57.7 Å². The maximum Gasteiger partial charge on any atom is 0.276 e. The number of thioether (sulfide) groups is 1. The summed E-state index contributed by atoms with van der Waals surface area (Å²) in [6.07, 6.45) is 3.15. The first-order valence-corrected chi connectivity index (χ1v) is 10.8. The van der Waals surface area contributed by atoms with E-state index in [1.807, 2.05) is 34.3 Å². The minimum atomic E-state index is 0. The van der Waals surface area contributed by atoms with E-state index in [2.05, 4.69) is 39.9 Å². The Bertz CT molecular complexity index is 778. The number of amides is 1. The predicted molar refractivity (Wildman–Crippen MR) is 114 cm³/mol. The molecule has 0 radical (unpaired) electrons. The Morgan fingerprint density at radius 2 is 1.96 bits per heavy atom. The molecule has 1 aromatic carbocycles. The van der Waals surface area contributed by atoms with Gasteiger partial charge in [-0.2, -0.15) is 0 Å². The Hall–Kier alpha value is -1.57. The molecule has 6 nitrogen and oxygen atoms in total. The topological polar surface area (TPSA) is 63.1 Å². The molecule has 4 rings (SSSR count). The molecule has 1 amide bonds. The number of nitrogens with zero attached hydrogens (tertiary/aromatic N) is 4. The molecular weight excluding hydrogens is 394 g/mol. The summed E-state index contributed by atoms with van der Waals surface area (Å²) in [5.74, 6) is 1.63. The highest BCUT2D eigenvalue weighted by Crippen LogP contribution is 2.27. The number of rotatable bonds is 5. The minimum Gasteiger partial charge on any atom is -0.337 e. The second-order valence-corrected chi connectivity index (χ2v) is 8.57. The van der Waals surface area contributed by atoms with Gasteiger partial charge in [0, 0.05) is 23.7 Å². The molecule has 28 heavy (non-hydrogen) atoms. The smallest absolute Gasteiger partial charge is 0.276 e. The lowest BCUT2D eigenvalue weighted by Crippen LogP contribution is -2.31. The molecule has 0 bridgehead atoms. The van der Waals surface area contributed by atoms with Gasteiger partial charge < -0.3 is 10.2 Å². The third-order valence-electron chi connectivity index (χ3n) is 5.59. The molecule has 0 saturated carbocycles. The number of aromatic nitrogens is 3. The van der Waals surface area contributed by atoms with Gasteiger partial charge in [-0.05, 0) is 57.3 Å². The number of carbonyl (C=O) groups is 1. The van der Waals surface area contributed by atoms with Crippen molar-refractivity contribution in [1.82, 2.24) is 25.2 Å². The second-order valence-electron chi connectivity index (χ2n) is 7.48. The standard InChI is InChI=1S/C20H27N5OS.ClH/c1-15-19(22-23-25(15)17-7-10-21-11-8-17)20(26)24-12-9-16(13-24)14-27-18-5-3-2-4-6-18;/h2-6,16-17,21H,7-14H2,1H3;1H. The average molecular weight is 422 g/mol. The molecule has 152 valence electrons. The first kappa shape index (κ1) is 21.1. The summed E-state index contributed by atoms with van der Waals surface area (Å²) in [7, 11) is 0. The second kappa shape index (κ2) is 9.76. The average Bonchev–Trinajstić information content (AvgIpc) is 3.34. The third-order valence-corrected chi connectivity index (χ3v) is 6.83. The van der Waals surface area contributed by atoms with Crippen molar-refractivity contribution < 1.29 is 4.79 Å². The van der Waals surface area contributed by atoms with Crippen LogP contribution in [0.2, 0.25) is 0 Å². The summed E-state index contributed by atoms with van der Waals surface area (Å²) >= 11 is 1.88. The van der Waals surface area contributed by atoms with Gasteiger partial charge in [0.05, 0.1) is 11.7 Å². The van der Waals surface area contributed by atoms with Crippen molar-refractivity contribution in [2.24, 2.45) is 5.92 Å². The summed E-state index contributed by atoms with van der Waals surface area (Å²) in [5, 5.41) is 11.9. The van der Waals surface area contributed by atoms with Gasteiger partial charge in [-0.3, -0.25) is 4.79 Å². The highest BCUT2D eigenvalue weighted by atomic mass is 35.5. The van der Waals surface area contributed by atoms with Crippen molar-refractivity contribution >= 4 is 30.1 Å². The quantitative estimate of drug-likeness (QED) is 0.751. The molecule has 1 atom stereocenters. The van der Waals surface area contributed by atoms with E-state index in [4.69, 9.17) is 0 Å². The van der Waals surface area contributed by atoms with Crippen molar-refractivity contribution in [2.75, 3.05) is 31.9 Å². The fourth-order valence-electron chi connectivity index (χ4n) is 3.97. The third kappa shape index (κ3) is 4.70. The molecule has 1 unspecified atom stereocenters. The zero-order valence-electron chi connectivity index (χ0n) is 16.2. The van der Waals surface area contributed by atoms with Crippen molar-refractivity contribution in [2.45, 2.75) is 37.1 Å². The van der Waals surface area contributed by atoms with Crippen LogP contribution < -0.4 is 5.32 Å². The summed E-state index contributed by atoms with van der Waals surface area (Å²) in [5.41, 5.74) is 1.44. The molecule has 8 heteroatoms. The largest absolute Gasteiger partial charge is 0.337 e. The summed E-state index contributed by atoms with van der Waals surface area (Å²) in [6.45, 7) is 5.62. The van der Waals surface area contributed by atoms with Crippen molar-refractivity contribution in [3.8, 4) is 0 Å². The molecule has 2 aliphatic heterocycles. The number of piperidine rings is 1. The molecule has 2 aliphatic rings. The van der Waals surface area contributed by atoms with E-state index in [1.54, 1.807) is 0 Å². The zero-order chi connectivity index (χ0) is 18.6. The lowest BCUT2D eigenvalue weighted by atomic mass is 10.1.